The van der Waals surface area contributed by atoms with Crippen molar-refractivity contribution in [1.82, 2.24) is 14.5 Å². The molecule has 5 heteroatoms. The van der Waals surface area contributed by atoms with E-state index in [9.17, 15) is 0 Å². The smallest absolute Gasteiger partial charge is 0.160 e. The van der Waals surface area contributed by atoms with Gasteiger partial charge in [0, 0.05) is 23.5 Å². The minimum atomic E-state index is 0.545. The van der Waals surface area contributed by atoms with Gasteiger partial charge in [0.25, 0.3) is 0 Å². The molecule has 1 aromatic carbocycles. The van der Waals surface area contributed by atoms with Gasteiger partial charge in [-0.15, -0.1) is 11.6 Å². The van der Waals surface area contributed by atoms with E-state index in [1.54, 1.807) is 0 Å². The molecular formula is C16H15Cl2N3. The fraction of sp³-hybridized carbons (Fsp3) is 0.250. The summed E-state index contributed by atoms with van der Waals surface area (Å²) in [5, 5.41) is 0.740. The fourth-order valence-electron chi connectivity index (χ4n) is 2.40. The summed E-state index contributed by atoms with van der Waals surface area (Å²) < 4.78 is 2.13. The van der Waals surface area contributed by atoms with Gasteiger partial charge in [-0.2, -0.15) is 0 Å². The van der Waals surface area contributed by atoms with Crippen molar-refractivity contribution >= 4 is 34.4 Å². The first-order valence-corrected chi connectivity index (χ1v) is 7.71. The predicted octanol–water partition coefficient (Wildman–Crippen LogP) is 4.22. The number of fused-ring (bicyclic) bond motifs is 1. The Morgan fingerprint density at radius 2 is 1.90 bits per heavy atom. The van der Waals surface area contributed by atoms with Crippen LogP contribution in [0.5, 0.6) is 0 Å². The zero-order chi connectivity index (χ0) is 14.8. The SMILES string of the molecule is Cc1ccnc2c1nc(CCCl)n2Cc1ccc(Cl)cc1. The van der Waals surface area contributed by atoms with Gasteiger partial charge in [0.05, 0.1) is 6.54 Å². The highest BCUT2D eigenvalue weighted by molar-refractivity contribution is 6.30. The number of aromatic nitrogens is 3. The third-order valence-electron chi connectivity index (χ3n) is 3.49. The lowest BCUT2D eigenvalue weighted by Crippen LogP contribution is -2.06. The van der Waals surface area contributed by atoms with Gasteiger partial charge in [0.1, 0.15) is 11.3 Å². The number of halogens is 2. The van der Waals surface area contributed by atoms with E-state index >= 15 is 0 Å². The van der Waals surface area contributed by atoms with E-state index in [0.29, 0.717) is 5.88 Å². The summed E-state index contributed by atoms with van der Waals surface area (Å²) in [4.78, 5) is 9.20. The number of pyridine rings is 1. The lowest BCUT2D eigenvalue weighted by molar-refractivity contribution is 0.748. The minimum absolute atomic E-state index is 0.545. The summed E-state index contributed by atoms with van der Waals surface area (Å²) in [5.74, 6) is 1.51. The molecule has 3 rings (SSSR count). The van der Waals surface area contributed by atoms with Crippen LogP contribution in [0.15, 0.2) is 36.5 Å². The molecule has 0 aliphatic heterocycles. The molecule has 3 nitrogen and oxygen atoms in total. The number of benzene rings is 1. The Balaban J connectivity index is 2.08. The molecule has 0 atom stereocenters. The molecule has 0 aliphatic rings. The summed E-state index contributed by atoms with van der Waals surface area (Å²) in [5.41, 5.74) is 4.15. The lowest BCUT2D eigenvalue weighted by atomic mass is 10.2. The summed E-state index contributed by atoms with van der Waals surface area (Å²) >= 11 is 11.8. The van der Waals surface area contributed by atoms with Gasteiger partial charge in [0.15, 0.2) is 5.65 Å². The van der Waals surface area contributed by atoms with E-state index in [1.165, 1.54) is 0 Å². The van der Waals surface area contributed by atoms with Crippen LogP contribution in [0, 0.1) is 6.92 Å². The molecule has 0 aliphatic carbocycles. The predicted molar refractivity (Wildman–Crippen MR) is 87.2 cm³/mol. The summed E-state index contributed by atoms with van der Waals surface area (Å²) in [7, 11) is 0. The lowest BCUT2D eigenvalue weighted by Gasteiger charge is -2.08. The van der Waals surface area contributed by atoms with Gasteiger partial charge < -0.3 is 4.57 Å². The van der Waals surface area contributed by atoms with Crippen molar-refractivity contribution < 1.29 is 0 Å². The zero-order valence-electron chi connectivity index (χ0n) is 11.7. The van der Waals surface area contributed by atoms with Crippen molar-refractivity contribution in [2.75, 3.05) is 5.88 Å². The van der Waals surface area contributed by atoms with Gasteiger partial charge in [-0.25, -0.2) is 9.97 Å². The Morgan fingerprint density at radius 1 is 1.14 bits per heavy atom. The van der Waals surface area contributed by atoms with Gasteiger partial charge in [-0.3, -0.25) is 0 Å². The molecule has 0 unspecified atom stereocenters. The third kappa shape index (κ3) is 2.89. The molecule has 3 aromatic rings. The number of imidazole rings is 1. The number of nitrogens with zero attached hydrogens (tertiary/aromatic N) is 3. The normalized spacial score (nSPS) is 11.2. The first kappa shape index (κ1) is 14.4. The summed E-state index contributed by atoms with van der Waals surface area (Å²) in [6.45, 7) is 2.77. The highest BCUT2D eigenvalue weighted by Gasteiger charge is 2.13. The fourth-order valence-corrected chi connectivity index (χ4v) is 2.69. The van der Waals surface area contributed by atoms with E-state index in [2.05, 4.69) is 9.55 Å². The van der Waals surface area contributed by atoms with Crippen molar-refractivity contribution in [3.63, 3.8) is 0 Å². The van der Waals surface area contributed by atoms with Crippen molar-refractivity contribution in [1.29, 1.82) is 0 Å². The number of hydrogen-bond donors (Lipinski definition) is 0. The first-order chi connectivity index (χ1) is 10.2. The van der Waals surface area contributed by atoms with Crippen LogP contribution in [0.4, 0.5) is 0 Å². The highest BCUT2D eigenvalue weighted by Crippen LogP contribution is 2.20. The average Bonchev–Trinajstić information content (AvgIpc) is 2.82. The van der Waals surface area contributed by atoms with Crippen LogP contribution in [0.2, 0.25) is 5.02 Å². The molecule has 21 heavy (non-hydrogen) atoms. The van der Waals surface area contributed by atoms with E-state index < -0.39 is 0 Å². The molecule has 0 spiro atoms. The standard InChI is InChI=1S/C16H15Cl2N3/c1-11-7-9-19-16-15(11)20-14(6-8-17)21(16)10-12-2-4-13(18)5-3-12/h2-5,7,9H,6,8,10H2,1H3. The molecule has 0 N–H and O–H groups in total. The molecule has 0 saturated carbocycles. The van der Waals surface area contributed by atoms with Crippen molar-refractivity contribution in [2.45, 2.75) is 19.9 Å². The minimum Gasteiger partial charge on any atom is -0.308 e. The maximum absolute atomic E-state index is 5.94. The average molecular weight is 320 g/mol. The van der Waals surface area contributed by atoms with Crippen LogP contribution in [-0.4, -0.2) is 20.4 Å². The Bertz CT molecular complexity index is 763. The van der Waals surface area contributed by atoms with Crippen LogP contribution in [0.25, 0.3) is 11.2 Å². The molecule has 0 amide bonds. The Hall–Kier alpha value is -1.58. The second-order valence-corrected chi connectivity index (χ2v) is 5.79. The largest absolute Gasteiger partial charge is 0.308 e. The van der Waals surface area contributed by atoms with E-state index in [0.717, 1.165) is 46.1 Å². The van der Waals surface area contributed by atoms with Gasteiger partial charge in [-0.1, -0.05) is 23.7 Å². The molecule has 0 saturated heterocycles. The maximum Gasteiger partial charge on any atom is 0.160 e. The second kappa shape index (κ2) is 6.04. The number of alkyl halides is 1. The van der Waals surface area contributed by atoms with Crippen LogP contribution in [-0.2, 0) is 13.0 Å². The molecule has 0 fully saturated rings. The summed E-state index contributed by atoms with van der Waals surface area (Å²) in [6, 6.07) is 9.82. The van der Waals surface area contributed by atoms with E-state index in [4.69, 9.17) is 28.2 Å². The molecule has 2 aromatic heterocycles. The number of hydrogen-bond acceptors (Lipinski definition) is 2. The van der Waals surface area contributed by atoms with Crippen LogP contribution >= 0.6 is 23.2 Å². The molecule has 108 valence electrons. The molecule has 0 radical (unpaired) electrons. The Labute approximate surface area is 133 Å². The molecule has 0 bridgehead atoms. The number of rotatable bonds is 4. The van der Waals surface area contributed by atoms with Gasteiger partial charge in [0.2, 0.25) is 0 Å². The van der Waals surface area contributed by atoms with Crippen molar-refractivity contribution in [2.24, 2.45) is 0 Å². The van der Waals surface area contributed by atoms with Crippen molar-refractivity contribution in [3.8, 4) is 0 Å². The first-order valence-electron chi connectivity index (χ1n) is 6.80. The molecule has 2 heterocycles. The van der Waals surface area contributed by atoms with Gasteiger partial charge in [-0.05, 0) is 36.2 Å². The van der Waals surface area contributed by atoms with Crippen molar-refractivity contribution in [3.05, 3.63) is 58.5 Å². The van der Waals surface area contributed by atoms with Gasteiger partial charge >= 0.3 is 0 Å². The van der Waals surface area contributed by atoms with Crippen LogP contribution in [0.1, 0.15) is 17.0 Å². The maximum atomic E-state index is 5.94. The quantitative estimate of drug-likeness (QED) is 0.674. The highest BCUT2D eigenvalue weighted by atomic mass is 35.5. The monoisotopic (exact) mass is 319 g/mol. The second-order valence-electron chi connectivity index (χ2n) is 4.98. The van der Waals surface area contributed by atoms with Crippen LogP contribution < -0.4 is 0 Å². The van der Waals surface area contributed by atoms with E-state index in [-0.39, 0.29) is 0 Å². The van der Waals surface area contributed by atoms with E-state index in [1.807, 2.05) is 43.5 Å². The Kier molecular flexibility index (Phi) is 4.13. The topological polar surface area (TPSA) is 30.7 Å². The molecular weight excluding hydrogens is 305 g/mol. The summed E-state index contributed by atoms with van der Waals surface area (Å²) in [6.07, 6.45) is 2.55. The number of aryl methyl sites for hydroxylation is 2. The third-order valence-corrected chi connectivity index (χ3v) is 3.93. The van der Waals surface area contributed by atoms with Crippen LogP contribution in [0.3, 0.4) is 0 Å². The Morgan fingerprint density at radius 3 is 2.62 bits per heavy atom. The zero-order valence-corrected chi connectivity index (χ0v) is 13.2.